The van der Waals surface area contributed by atoms with E-state index in [0.717, 1.165) is 5.69 Å². The van der Waals surface area contributed by atoms with Crippen LogP contribution in [0.5, 0.6) is 0 Å². The van der Waals surface area contributed by atoms with Gasteiger partial charge in [0.25, 0.3) is 0 Å². The summed E-state index contributed by atoms with van der Waals surface area (Å²) in [5, 5.41) is 20.1. The molecule has 0 aliphatic carbocycles. The fourth-order valence-corrected chi connectivity index (χ4v) is 12.1. The van der Waals surface area contributed by atoms with Crippen molar-refractivity contribution in [3.63, 3.8) is 0 Å². The van der Waals surface area contributed by atoms with Gasteiger partial charge in [-0.2, -0.15) is 0 Å². The lowest BCUT2D eigenvalue weighted by Crippen LogP contribution is -1.95. The SMILES string of the molecule is c1ccc(-n2c3cc(-c4c5ccccc5c(-c5ccc6ccccc6c5)c5ccccc45)cc4ccc5cc(-c6c7ccccc7c(-c7ccc8ccccc8c7)c7ccccc67)cc2c5c43)cc1. The van der Waals surface area contributed by atoms with Crippen molar-refractivity contribution in [2.45, 2.75) is 0 Å². The fraction of sp³-hybridized carbons (Fsp3) is 0. The van der Waals surface area contributed by atoms with Gasteiger partial charge in [-0.3, -0.25) is 0 Å². The Morgan fingerprint density at radius 2 is 0.493 bits per heavy atom. The Balaban J connectivity index is 1.01. The minimum absolute atomic E-state index is 1.15. The molecule has 15 aromatic rings. The van der Waals surface area contributed by atoms with Crippen LogP contribution >= 0.6 is 0 Å². The van der Waals surface area contributed by atoms with Gasteiger partial charge in [-0.05, 0) is 168 Å². The maximum Gasteiger partial charge on any atom is 0.0553 e. The van der Waals surface area contributed by atoms with Crippen molar-refractivity contribution in [3.05, 3.63) is 249 Å². The smallest absolute Gasteiger partial charge is 0.0553 e. The largest absolute Gasteiger partial charge is 0.309 e. The second-order valence-corrected chi connectivity index (χ2v) is 18.7. The molecule has 15 rings (SSSR count). The molecule has 0 amide bonds. The Kier molecular flexibility index (Phi) is 8.13. The Hall–Kier alpha value is -9.04. The summed E-state index contributed by atoms with van der Waals surface area (Å²) in [6, 6.07) is 92.8. The zero-order valence-electron chi connectivity index (χ0n) is 37.6. The molecule has 69 heavy (non-hydrogen) atoms. The quantitative estimate of drug-likeness (QED) is 0.120. The van der Waals surface area contributed by atoms with E-state index in [1.165, 1.54) is 142 Å². The lowest BCUT2D eigenvalue weighted by atomic mass is 9.84. The van der Waals surface area contributed by atoms with Gasteiger partial charge >= 0.3 is 0 Å². The van der Waals surface area contributed by atoms with Crippen molar-refractivity contribution in [1.82, 2.24) is 4.57 Å². The van der Waals surface area contributed by atoms with E-state index in [2.05, 4.69) is 253 Å². The van der Waals surface area contributed by atoms with E-state index < -0.39 is 0 Å². The predicted molar refractivity (Wildman–Crippen MR) is 296 cm³/mol. The van der Waals surface area contributed by atoms with Crippen LogP contribution in [0.3, 0.4) is 0 Å². The van der Waals surface area contributed by atoms with Crippen LogP contribution in [0.25, 0.3) is 147 Å². The van der Waals surface area contributed by atoms with Crippen LogP contribution in [0.15, 0.2) is 249 Å². The maximum absolute atomic E-state index is 2.53. The second-order valence-electron chi connectivity index (χ2n) is 18.7. The number of aromatic nitrogens is 1. The Bertz CT molecular complexity index is 4200. The number of nitrogens with zero attached hydrogens (tertiary/aromatic N) is 1. The molecule has 1 aromatic heterocycles. The first-order valence-electron chi connectivity index (χ1n) is 24.0. The summed E-state index contributed by atoms with van der Waals surface area (Å²) in [5.74, 6) is 0. The van der Waals surface area contributed by atoms with E-state index in [0.29, 0.717) is 0 Å². The van der Waals surface area contributed by atoms with Crippen LogP contribution in [0.4, 0.5) is 0 Å². The minimum Gasteiger partial charge on any atom is -0.309 e. The predicted octanol–water partition coefficient (Wildman–Crippen LogP) is 19.0. The normalized spacial score (nSPS) is 12.1. The zero-order chi connectivity index (χ0) is 45.2. The Morgan fingerprint density at radius 3 is 0.870 bits per heavy atom. The van der Waals surface area contributed by atoms with Crippen LogP contribution in [0.1, 0.15) is 0 Å². The van der Waals surface area contributed by atoms with Crippen molar-refractivity contribution in [1.29, 1.82) is 0 Å². The average molecular weight is 872 g/mol. The molecule has 1 nitrogen and oxygen atoms in total. The van der Waals surface area contributed by atoms with Crippen molar-refractivity contribution < 1.29 is 0 Å². The monoisotopic (exact) mass is 871 g/mol. The van der Waals surface area contributed by atoms with Gasteiger partial charge in [0.15, 0.2) is 0 Å². The molecule has 0 saturated carbocycles. The van der Waals surface area contributed by atoms with Crippen molar-refractivity contribution in [2.75, 3.05) is 0 Å². The highest BCUT2D eigenvalue weighted by Crippen LogP contribution is 2.50. The van der Waals surface area contributed by atoms with E-state index in [1.54, 1.807) is 0 Å². The van der Waals surface area contributed by atoms with Gasteiger partial charge in [0.05, 0.1) is 11.0 Å². The van der Waals surface area contributed by atoms with E-state index in [9.17, 15) is 0 Å². The molecule has 1 heteroatoms. The van der Waals surface area contributed by atoms with Crippen LogP contribution < -0.4 is 0 Å². The summed E-state index contributed by atoms with van der Waals surface area (Å²) in [7, 11) is 0. The molecule has 0 N–H and O–H groups in total. The van der Waals surface area contributed by atoms with Crippen LogP contribution in [0.2, 0.25) is 0 Å². The minimum atomic E-state index is 1.15. The molecule has 318 valence electrons. The van der Waals surface area contributed by atoms with Crippen LogP contribution in [0, 0.1) is 0 Å². The van der Waals surface area contributed by atoms with Gasteiger partial charge in [-0.25, -0.2) is 0 Å². The third-order valence-corrected chi connectivity index (χ3v) is 15.0. The highest BCUT2D eigenvalue weighted by molar-refractivity contribution is 6.29. The molecule has 0 unspecified atom stereocenters. The van der Waals surface area contributed by atoms with Crippen LogP contribution in [-0.4, -0.2) is 4.57 Å². The Morgan fingerprint density at radius 1 is 0.203 bits per heavy atom. The summed E-state index contributed by atoms with van der Waals surface area (Å²) >= 11 is 0. The first kappa shape index (κ1) is 38.1. The zero-order valence-corrected chi connectivity index (χ0v) is 37.6. The molecule has 0 spiro atoms. The fourth-order valence-electron chi connectivity index (χ4n) is 12.1. The van der Waals surface area contributed by atoms with Gasteiger partial charge in [0, 0.05) is 16.5 Å². The van der Waals surface area contributed by atoms with Crippen molar-refractivity contribution in [3.8, 4) is 50.2 Å². The molecule has 0 bridgehead atoms. The number of fused-ring (bicyclic) bond motifs is 6. The van der Waals surface area contributed by atoms with Gasteiger partial charge in [-0.1, -0.05) is 200 Å². The molecule has 0 fully saturated rings. The number of para-hydroxylation sites is 1. The Labute approximate surface area is 398 Å². The van der Waals surface area contributed by atoms with E-state index in [4.69, 9.17) is 0 Å². The summed E-state index contributed by atoms with van der Waals surface area (Å²) in [6.45, 7) is 0. The highest BCUT2D eigenvalue weighted by Gasteiger charge is 2.24. The average Bonchev–Trinajstić information content (AvgIpc) is 3.75. The number of benzene rings is 14. The van der Waals surface area contributed by atoms with Gasteiger partial charge in [0.2, 0.25) is 0 Å². The van der Waals surface area contributed by atoms with Gasteiger partial charge in [-0.15, -0.1) is 0 Å². The number of rotatable bonds is 5. The van der Waals surface area contributed by atoms with Crippen LogP contribution in [-0.2, 0) is 0 Å². The lowest BCUT2D eigenvalue weighted by molar-refractivity contribution is 1.18. The molecular weight excluding hydrogens is 831 g/mol. The summed E-state index contributed by atoms with van der Waals surface area (Å²) in [4.78, 5) is 0. The molecule has 0 atom stereocenters. The third-order valence-electron chi connectivity index (χ3n) is 15.0. The molecule has 14 aromatic carbocycles. The van der Waals surface area contributed by atoms with Crippen molar-refractivity contribution in [2.24, 2.45) is 0 Å². The molecule has 0 saturated heterocycles. The molecular formula is C68H41N. The lowest BCUT2D eigenvalue weighted by Gasteiger charge is -2.19. The molecule has 1 heterocycles. The van der Waals surface area contributed by atoms with Gasteiger partial charge in [0.1, 0.15) is 0 Å². The highest BCUT2D eigenvalue weighted by atomic mass is 15.0. The van der Waals surface area contributed by atoms with E-state index >= 15 is 0 Å². The van der Waals surface area contributed by atoms with E-state index in [-0.39, 0.29) is 0 Å². The second kappa shape index (κ2) is 14.7. The van der Waals surface area contributed by atoms with Gasteiger partial charge < -0.3 is 4.57 Å². The standard InChI is InChI=1S/C68H41N/c1-2-20-52(21-3-1)69-61-40-50(65-57-26-12-8-22-53(57)63(54-23-9-13-27-58(54)65)46-32-30-42-16-4-6-18-44(42)36-46)38-48-34-35-49-39-51(41-62(69)68(49)67(48)61)66-59-28-14-10-24-55(59)64(56-25-11-15-29-60(56)66)47-33-31-43-17-5-7-19-45(43)37-47/h1-41H. The maximum atomic E-state index is 2.53. The molecule has 0 aliphatic rings. The third kappa shape index (κ3) is 5.65. The van der Waals surface area contributed by atoms with E-state index in [1.807, 2.05) is 0 Å². The summed E-state index contributed by atoms with van der Waals surface area (Å²) in [6.07, 6.45) is 0. The number of hydrogen-bond acceptors (Lipinski definition) is 0. The first-order valence-corrected chi connectivity index (χ1v) is 24.0. The summed E-state index contributed by atoms with van der Waals surface area (Å²) in [5.41, 5.74) is 13.5. The molecule has 0 radical (unpaired) electrons. The first-order chi connectivity index (χ1) is 34.2. The number of hydrogen-bond donors (Lipinski definition) is 0. The topological polar surface area (TPSA) is 4.93 Å². The molecule has 0 aliphatic heterocycles. The summed E-state index contributed by atoms with van der Waals surface area (Å²) < 4.78 is 2.53. The van der Waals surface area contributed by atoms with Crippen molar-refractivity contribution >= 4 is 97.2 Å².